The van der Waals surface area contributed by atoms with Crippen molar-refractivity contribution in [2.45, 2.75) is 6.92 Å². The van der Waals surface area contributed by atoms with Gasteiger partial charge in [0.1, 0.15) is 11.6 Å². The van der Waals surface area contributed by atoms with Crippen LogP contribution in [0.3, 0.4) is 0 Å². The van der Waals surface area contributed by atoms with Crippen molar-refractivity contribution in [3.05, 3.63) is 59.9 Å². The van der Waals surface area contributed by atoms with Gasteiger partial charge in [-0.3, -0.25) is 4.79 Å². The molecule has 0 saturated carbocycles. The van der Waals surface area contributed by atoms with Crippen molar-refractivity contribution in [2.75, 3.05) is 11.9 Å². The van der Waals surface area contributed by atoms with E-state index in [9.17, 15) is 9.18 Å². The lowest BCUT2D eigenvalue weighted by molar-refractivity contribution is 0.102. The van der Waals surface area contributed by atoms with E-state index >= 15 is 0 Å². The number of rotatable bonds is 4. The van der Waals surface area contributed by atoms with Crippen molar-refractivity contribution in [1.82, 2.24) is 0 Å². The van der Waals surface area contributed by atoms with Crippen molar-refractivity contribution < 1.29 is 13.9 Å². The zero-order chi connectivity index (χ0) is 13.7. The van der Waals surface area contributed by atoms with Crippen molar-refractivity contribution in [3.63, 3.8) is 0 Å². The second-order valence-electron chi connectivity index (χ2n) is 3.89. The summed E-state index contributed by atoms with van der Waals surface area (Å²) in [4.78, 5) is 12.0. The van der Waals surface area contributed by atoms with E-state index in [1.165, 1.54) is 12.1 Å². The Bertz CT molecular complexity index is 584. The molecular weight excluding hydrogens is 245 g/mol. The number of carbonyl (C=O) groups is 1. The number of halogens is 1. The maximum atomic E-state index is 13.4. The van der Waals surface area contributed by atoms with Gasteiger partial charge in [0, 0.05) is 5.56 Å². The van der Waals surface area contributed by atoms with Crippen LogP contribution >= 0.6 is 0 Å². The first-order valence-corrected chi connectivity index (χ1v) is 5.99. The zero-order valence-electron chi connectivity index (χ0n) is 10.5. The van der Waals surface area contributed by atoms with Crippen LogP contribution in [-0.2, 0) is 0 Å². The highest BCUT2D eigenvalue weighted by molar-refractivity contribution is 6.04. The zero-order valence-corrected chi connectivity index (χ0v) is 10.5. The highest BCUT2D eigenvalue weighted by Gasteiger charge is 2.09. The third kappa shape index (κ3) is 3.31. The summed E-state index contributed by atoms with van der Waals surface area (Å²) in [6, 6.07) is 12.8. The molecule has 4 heteroatoms. The standard InChI is InChI=1S/C15H14FNO2/c1-2-19-12-7-5-6-11(10-12)15(18)17-14-9-4-3-8-13(14)16/h3-10H,2H2,1H3,(H,17,18). The van der Waals surface area contributed by atoms with Gasteiger partial charge in [0.2, 0.25) is 0 Å². The predicted molar refractivity (Wildman–Crippen MR) is 72.0 cm³/mol. The van der Waals surface area contributed by atoms with Crippen molar-refractivity contribution >= 4 is 11.6 Å². The molecule has 0 atom stereocenters. The molecule has 0 saturated heterocycles. The van der Waals surface area contributed by atoms with E-state index in [0.29, 0.717) is 17.9 Å². The molecule has 3 nitrogen and oxygen atoms in total. The van der Waals surface area contributed by atoms with Crippen LogP contribution in [0.5, 0.6) is 5.75 Å². The summed E-state index contributed by atoms with van der Waals surface area (Å²) in [6.07, 6.45) is 0. The first kappa shape index (κ1) is 13.1. The number of nitrogens with one attached hydrogen (secondary N) is 1. The van der Waals surface area contributed by atoms with Gasteiger partial charge in [-0.05, 0) is 37.3 Å². The van der Waals surface area contributed by atoms with E-state index in [1.54, 1.807) is 36.4 Å². The summed E-state index contributed by atoms with van der Waals surface area (Å²) in [6.45, 7) is 2.39. The molecule has 0 spiro atoms. The Kier molecular flexibility index (Phi) is 4.13. The van der Waals surface area contributed by atoms with Gasteiger partial charge in [-0.25, -0.2) is 4.39 Å². The molecule has 0 aliphatic rings. The molecule has 19 heavy (non-hydrogen) atoms. The number of para-hydroxylation sites is 1. The van der Waals surface area contributed by atoms with Crippen molar-refractivity contribution in [3.8, 4) is 5.75 Å². The quantitative estimate of drug-likeness (QED) is 0.912. The first-order valence-electron chi connectivity index (χ1n) is 5.99. The van der Waals surface area contributed by atoms with Crippen molar-refractivity contribution in [2.24, 2.45) is 0 Å². The molecule has 1 N–H and O–H groups in total. The van der Waals surface area contributed by atoms with Crippen LogP contribution in [0.4, 0.5) is 10.1 Å². The Labute approximate surface area is 111 Å². The van der Waals surface area contributed by atoms with Gasteiger partial charge < -0.3 is 10.1 Å². The fourth-order valence-corrected chi connectivity index (χ4v) is 1.65. The predicted octanol–water partition coefficient (Wildman–Crippen LogP) is 3.48. The Morgan fingerprint density at radius 1 is 1.21 bits per heavy atom. The summed E-state index contributed by atoms with van der Waals surface area (Å²) in [7, 11) is 0. The van der Waals surface area contributed by atoms with Crippen LogP contribution in [0.25, 0.3) is 0 Å². The maximum Gasteiger partial charge on any atom is 0.255 e. The minimum absolute atomic E-state index is 0.161. The minimum Gasteiger partial charge on any atom is -0.494 e. The molecule has 2 rings (SSSR count). The van der Waals surface area contributed by atoms with Crippen LogP contribution in [0.2, 0.25) is 0 Å². The van der Waals surface area contributed by atoms with Gasteiger partial charge >= 0.3 is 0 Å². The van der Waals surface area contributed by atoms with Crippen LogP contribution in [0.1, 0.15) is 17.3 Å². The van der Waals surface area contributed by atoms with E-state index in [1.807, 2.05) is 6.92 Å². The second-order valence-corrected chi connectivity index (χ2v) is 3.89. The summed E-state index contributed by atoms with van der Waals surface area (Å²) in [5, 5.41) is 2.53. The number of hydrogen-bond donors (Lipinski definition) is 1. The third-order valence-electron chi connectivity index (χ3n) is 2.53. The lowest BCUT2D eigenvalue weighted by Gasteiger charge is -2.08. The highest BCUT2D eigenvalue weighted by Crippen LogP contribution is 2.17. The number of carbonyl (C=O) groups excluding carboxylic acids is 1. The fraction of sp³-hybridized carbons (Fsp3) is 0.133. The average molecular weight is 259 g/mol. The molecular formula is C15H14FNO2. The topological polar surface area (TPSA) is 38.3 Å². The van der Waals surface area contributed by atoms with Gasteiger partial charge in [0.25, 0.3) is 5.91 Å². The van der Waals surface area contributed by atoms with E-state index in [0.717, 1.165) is 0 Å². The molecule has 0 aromatic heterocycles. The molecule has 98 valence electrons. The van der Waals surface area contributed by atoms with E-state index in [-0.39, 0.29) is 11.6 Å². The van der Waals surface area contributed by atoms with Gasteiger partial charge in [0.05, 0.1) is 12.3 Å². The second kappa shape index (κ2) is 6.00. The van der Waals surface area contributed by atoms with Crippen LogP contribution < -0.4 is 10.1 Å². The molecule has 2 aromatic carbocycles. The Hall–Kier alpha value is -2.36. The summed E-state index contributed by atoms with van der Waals surface area (Å²) < 4.78 is 18.7. The number of hydrogen-bond acceptors (Lipinski definition) is 2. The highest BCUT2D eigenvalue weighted by atomic mass is 19.1. The SMILES string of the molecule is CCOc1cccc(C(=O)Nc2ccccc2F)c1. The van der Waals surface area contributed by atoms with Crippen LogP contribution in [0.15, 0.2) is 48.5 Å². The lowest BCUT2D eigenvalue weighted by Crippen LogP contribution is -2.13. The van der Waals surface area contributed by atoms with Crippen LogP contribution in [0, 0.1) is 5.82 Å². The molecule has 0 aliphatic heterocycles. The lowest BCUT2D eigenvalue weighted by atomic mass is 10.2. The first-order chi connectivity index (χ1) is 9.20. The normalized spacial score (nSPS) is 10.0. The maximum absolute atomic E-state index is 13.4. The summed E-state index contributed by atoms with van der Waals surface area (Å²) in [5.41, 5.74) is 0.587. The van der Waals surface area contributed by atoms with E-state index in [2.05, 4.69) is 5.32 Å². The molecule has 0 bridgehead atoms. The molecule has 2 aromatic rings. The van der Waals surface area contributed by atoms with Gasteiger partial charge in [-0.2, -0.15) is 0 Å². The van der Waals surface area contributed by atoms with Crippen molar-refractivity contribution in [1.29, 1.82) is 0 Å². The molecule has 0 heterocycles. The number of amides is 1. The van der Waals surface area contributed by atoms with Crippen LogP contribution in [-0.4, -0.2) is 12.5 Å². The molecule has 0 fully saturated rings. The van der Waals surface area contributed by atoms with Gasteiger partial charge in [0.15, 0.2) is 0 Å². The fourth-order valence-electron chi connectivity index (χ4n) is 1.65. The molecule has 0 radical (unpaired) electrons. The number of ether oxygens (including phenoxy) is 1. The summed E-state index contributed by atoms with van der Waals surface area (Å²) in [5.74, 6) is -0.216. The largest absolute Gasteiger partial charge is 0.494 e. The summed E-state index contributed by atoms with van der Waals surface area (Å²) >= 11 is 0. The monoisotopic (exact) mass is 259 g/mol. The number of anilines is 1. The van der Waals surface area contributed by atoms with E-state index < -0.39 is 5.82 Å². The van der Waals surface area contributed by atoms with Gasteiger partial charge in [-0.15, -0.1) is 0 Å². The Morgan fingerprint density at radius 3 is 2.74 bits per heavy atom. The Balaban J connectivity index is 2.16. The average Bonchev–Trinajstić information content (AvgIpc) is 2.42. The molecule has 0 aliphatic carbocycles. The number of benzene rings is 2. The minimum atomic E-state index is -0.461. The third-order valence-corrected chi connectivity index (χ3v) is 2.53. The van der Waals surface area contributed by atoms with Gasteiger partial charge in [-0.1, -0.05) is 18.2 Å². The Morgan fingerprint density at radius 2 is 2.00 bits per heavy atom. The van der Waals surface area contributed by atoms with E-state index in [4.69, 9.17) is 4.74 Å². The smallest absolute Gasteiger partial charge is 0.255 e. The molecule has 1 amide bonds. The molecule has 0 unspecified atom stereocenters.